The second-order valence-corrected chi connectivity index (χ2v) is 6.07. The van der Waals surface area contributed by atoms with Crippen LogP contribution in [0.4, 0.5) is 0 Å². The molecule has 0 radical (unpaired) electrons. The predicted octanol–water partition coefficient (Wildman–Crippen LogP) is 3.00. The molecule has 2 rings (SSSR count). The van der Waals surface area contributed by atoms with Crippen LogP contribution in [0.15, 0.2) is 30.3 Å². The van der Waals surface area contributed by atoms with Gasteiger partial charge in [0.05, 0.1) is 5.54 Å². The van der Waals surface area contributed by atoms with Crippen LogP contribution in [0.25, 0.3) is 0 Å². The number of hydrogen-bond donors (Lipinski definition) is 1. The normalized spacial score (nSPS) is 28.8. The van der Waals surface area contributed by atoms with Gasteiger partial charge in [-0.15, -0.1) is 12.3 Å². The van der Waals surface area contributed by atoms with E-state index in [2.05, 4.69) is 67.2 Å². The van der Waals surface area contributed by atoms with Gasteiger partial charge >= 0.3 is 0 Å². The van der Waals surface area contributed by atoms with Crippen molar-refractivity contribution in [2.75, 3.05) is 13.1 Å². The molecule has 1 heterocycles. The predicted molar refractivity (Wildman–Crippen MR) is 85.5 cm³/mol. The van der Waals surface area contributed by atoms with Gasteiger partial charge in [-0.05, 0) is 25.8 Å². The minimum atomic E-state index is 0.00971. The Morgan fingerprint density at radius 2 is 2.15 bits per heavy atom. The SMILES string of the molecule is C#CCC(CC)N1CC(C)(c2ccccc2)NCC1C. The molecule has 3 atom stereocenters. The van der Waals surface area contributed by atoms with Crippen LogP contribution in [0.5, 0.6) is 0 Å². The third-order valence-electron chi connectivity index (χ3n) is 4.56. The molecule has 0 saturated carbocycles. The maximum absolute atomic E-state index is 5.54. The highest BCUT2D eigenvalue weighted by Gasteiger charge is 2.37. The fraction of sp³-hybridized carbons (Fsp3) is 0.556. The quantitative estimate of drug-likeness (QED) is 0.846. The van der Waals surface area contributed by atoms with Crippen molar-refractivity contribution >= 4 is 0 Å². The first-order valence-electron chi connectivity index (χ1n) is 7.60. The van der Waals surface area contributed by atoms with Gasteiger partial charge in [-0.2, -0.15) is 0 Å². The van der Waals surface area contributed by atoms with Gasteiger partial charge in [-0.1, -0.05) is 37.3 Å². The fourth-order valence-corrected chi connectivity index (χ4v) is 3.19. The molecule has 1 saturated heterocycles. The molecule has 1 N–H and O–H groups in total. The lowest BCUT2D eigenvalue weighted by atomic mass is 9.87. The lowest BCUT2D eigenvalue weighted by molar-refractivity contribution is 0.0540. The highest BCUT2D eigenvalue weighted by atomic mass is 15.3. The summed E-state index contributed by atoms with van der Waals surface area (Å²) in [5, 5.41) is 3.72. The number of terminal acetylenes is 1. The molecule has 0 bridgehead atoms. The van der Waals surface area contributed by atoms with Crippen molar-refractivity contribution in [3.05, 3.63) is 35.9 Å². The first-order chi connectivity index (χ1) is 9.60. The first kappa shape index (κ1) is 15.1. The number of nitrogens with zero attached hydrogens (tertiary/aromatic N) is 1. The second-order valence-electron chi connectivity index (χ2n) is 6.07. The molecule has 1 aromatic carbocycles. The van der Waals surface area contributed by atoms with Gasteiger partial charge in [0.2, 0.25) is 0 Å². The zero-order chi connectivity index (χ0) is 14.6. The van der Waals surface area contributed by atoms with Gasteiger partial charge < -0.3 is 5.32 Å². The minimum absolute atomic E-state index is 0.00971. The minimum Gasteiger partial charge on any atom is -0.305 e. The van der Waals surface area contributed by atoms with Crippen molar-refractivity contribution in [3.8, 4) is 12.3 Å². The van der Waals surface area contributed by atoms with Gasteiger partial charge in [0, 0.05) is 31.6 Å². The monoisotopic (exact) mass is 270 g/mol. The molecular weight excluding hydrogens is 244 g/mol. The van der Waals surface area contributed by atoms with E-state index in [-0.39, 0.29) is 5.54 Å². The van der Waals surface area contributed by atoms with Gasteiger partial charge in [0.15, 0.2) is 0 Å². The standard InChI is InChI=1S/C18H26N2/c1-5-10-17(6-2)20-14-18(4,19-13-15(20)3)16-11-8-7-9-12-16/h1,7-9,11-12,15,17,19H,6,10,13-14H2,2-4H3. The Morgan fingerprint density at radius 1 is 1.45 bits per heavy atom. The fourth-order valence-electron chi connectivity index (χ4n) is 3.19. The summed E-state index contributed by atoms with van der Waals surface area (Å²) in [6.07, 6.45) is 7.49. The Morgan fingerprint density at radius 3 is 2.75 bits per heavy atom. The lowest BCUT2D eigenvalue weighted by Gasteiger charge is -2.48. The third kappa shape index (κ3) is 3.06. The van der Waals surface area contributed by atoms with Crippen LogP contribution in [-0.2, 0) is 5.54 Å². The molecule has 1 aliphatic rings. The first-order valence-corrected chi connectivity index (χ1v) is 7.60. The Balaban J connectivity index is 2.21. The molecule has 0 amide bonds. The number of benzene rings is 1. The molecule has 3 unspecified atom stereocenters. The van der Waals surface area contributed by atoms with Crippen LogP contribution < -0.4 is 5.32 Å². The highest BCUT2D eigenvalue weighted by molar-refractivity contribution is 5.25. The van der Waals surface area contributed by atoms with Crippen LogP contribution in [0, 0.1) is 12.3 Å². The van der Waals surface area contributed by atoms with Crippen molar-refractivity contribution in [1.29, 1.82) is 0 Å². The molecule has 20 heavy (non-hydrogen) atoms. The molecule has 2 heteroatoms. The summed E-state index contributed by atoms with van der Waals surface area (Å²) >= 11 is 0. The number of piperazine rings is 1. The van der Waals surface area contributed by atoms with E-state index < -0.39 is 0 Å². The van der Waals surface area contributed by atoms with Crippen molar-refractivity contribution in [1.82, 2.24) is 10.2 Å². The Hall–Kier alpha value is -1.30. The molecule has 0 spiro atoms. The van der Waals surface area contributed by atoms with Gasteiger partial charge in [0.25, 0.3) is 0 Å². The lowest BCUT2D eigenvalue weighted by Crippen LogP contribution is -2.62. The molecule has 1 aromatic rings. The maximum atomic E-state index is 5.54. The molecule has 1 fully saturated rings. The molecule has 2 nitrogen and oxygen atoms in total. The zero-order valence-corrected chi connectivity index (χ0v) is 12.9. The van der Waals surface area contributed by atoms with Crippen LogP contribution in [0.1, 0.15) is 39.2 Å². The molecule has 0 aromatic heterocycles. The van der Waals surface area contributed by atoms with E-state index in [0.29, 0.717) is 12.1 Å². The summed E-state index contributed by atoms with van der Waals surface area (Å²) in [5.74, 6) is 2.84. The average Bonchev–Trinajstić information content (AvgIpc) is 2.49. The Bertz CT molecular complexity index is 462. The van der Waals surface area contributed by atoms with Crippen molar-refractivity contribution in [2.24, 2.45) is 0 Å². The van der Waals surface area contributed by atoms with Gasteiger partial charge in [-0.3, -0.25) is 4.90 Å². The molecular formula is C18H26N2. The summed E-state index contributed by atoms with van der Waals surface area (Å²) in [6.45, 7) is 8.84. The van der Waals surface area contributed by atoms with E-state index in [9.17, 15) is 0 Å². The largest absolute Gasteiger partial charge is 0.305 e. The smallest absolute Gasteiger partial charge is 0.0535 e. The molecule has 108 valence electrons. The summed E-state index contributed by atoms with van der Waals surface area (Å²) in [5.41, 5.74) is 1.36. The van der Waals surface area contributed by atoms with Crippen LogP contribution in [0.2, 0.25) is 0 Å². The van der Waals surface area contributed by atoms with Gasteiger partial charge in [0.1, 0.15) is 0 Å². The van der Waals surface area contributed by atoms with Gasteiger partial charge in [-0.25, -0.2) is 0 Å². The molecule has 1 aliphatic heterocycles. The maximum Gasteiger partial charge on any atom is 0.0535 e. The Kier molecular flexibility index (Phi) is 4.86. The molecule has 0 aliphatic carbocycles. The Labute approximate surface area is 123 Å². The van der Waals surface area contributed by atoms with E-state index in [0.717, 1.165) is 25.9 Å². The summed E-state index contributed by atoms with van der Waals surface area (Å²) in [6, 6.07) is 11.7. The topological polar surface area (TPSA) is 15.3 Å². The van der Waals surface area contributed by atoms with Crippen molar-refractivity contribution in [3.63, 3.8) is 0 Å². The number of hydrogen-bond acceptors (Lipinski definition) is 2. The van der Waals surface area contributed by atoms with E-state index in [1.165, 1.54) is 5.56 Å². The van der Waals surface area contributed by atoms with Crippen LogP contribution in [0.3, 0.4) is 0 Å². The van der Waals surface area contributed by atoms with E-state index in [1.807, 2.05) is 0 Å². The van der Waals surface area contributed by atoms with E-state index in [4.69, 9.17) is 6.42 Å². The van der Waals surface area contributed by atoms with Crippen molar-refractivity contribution in [2.45, 2.75) is 51.2 Å². The van der Waals surface area contributed by atoms with Crippen LogP contribution >= 0.6 is 0 Å². The number of rotatable bonds is 4. The summed E-state index contributed by atoms with van der Waals surface area (Å²) < 4.78 is 0. The third-order valence-corrected chi connectivity index (χ3v) is 4.56. The number of nitrogens with one attached hydrogen (secondary N) is 1. The van der Waals surface area contributed by atoms with Crippen LogP contribution in [-0.4, -0.2) is 30.1 Å². The second kappa shape index (κ2) is 6.43. The highest BCUT2D eigenvalue weighted by Crippen LogP contribution is 2.28. The summed E-state index contributed by atoms with van der Waals surface area (Å²) in [7, 11) is 0. The average molecular weight is 270 g/mol. The van der Waals surface area contributed by atoms with E-state index in [1.54, 1.807) is 0 Å². The summed E-state index contributed by atoms with van der Waals surface area (Å²) in [4.78, 5) is 2.59. The zero-order valence-electron chi connectivity index (χ0n) is 12.9. The van der Waals surface area contributed by atoms with Crippen molar-refractivity contribution < 1.29 is 0 Å². The van der Waals surface area contributed by atoms with E-state index >= 15 is 0 Å².